The molecule has 2 fully saturated rings. The van der Waals surface area contributed by atoms with E-state index in [9.17, 15) is 0 Å². The van der Waals surface area contributed by atoms with E-state index < -0.39 is 0 Å². The fourth-order valence-electron chi connectivity index (χ4n) is 9.36. The summed E-state index contributed by atoms with van der Waals surface area (Å²) >= 11 is 0. The summed E-state index contributed by atoms with van der Waals surface area (Å²) in [5.74, 6) is 0. The molecule has 2 aromatic heterocycles. The zero-order valence-electron chi connectivity index (χ0n) is 30.8. The number of fused-ring (bicyclic) bond motifs is 14. The Morgan fingerprint density at radius 1 is 0.382 bits per heavy atom. The van der Waals surface area contributed by atoms with Gasteiger partial charge in [0.25, 0.3) is 0 Å². The number of aromatic nitrogens is 2. The van der Waals surface area contributed by atoms with E-state index >= 15 is 0 Å². The molecule has 3 aliphatic rings. The Bertz CT molecular complexity index is 2340. The Morgan fingerprint density at radius 3 is 0.945 bits per heavy atom. The van der Waals surface area contributed by atoms with Crippen LogP contribution in [0.2, 0.25) is 0 Å². The summed E-state index contributed by atoms with van der Waals surface area (Å²) < 4.78 is 4.92. The van der Waals surface area contributed by atoms with Crippen molar-refractivity contribution in [2.75, 3.05) is 26.2 Å². The van der Waals surface area contributed by atoms with Gasteiger partial charge in [-0.1, -0.05) is 84.2 Å². The van der Waals surface area contributed by atoms with Crippen molar-refractivity contribution in [3.05, 3.63) is 169 Å². The maximum Gasteiger partial charge on any atom is 4.00 e. The number of rotatable bonds is 2. The third-order valence-electron chi connectivity index (χ3n) is 11.5. The molecule has 0 amide bonds. The second-order valence-electron chi connectivity index (χ2n) is 15.3. The molecule has 4 unspecified atom stereocenters. The molecule has 0 aliphatic carbocycles. The van der Waals surface area contributed by atoms with Crippen LogP contribution >= 0.6 is 0 Å². The molecule has 4 atom stereocenters. The fourth-order valence-corrected chi connectivity index (χ4v) is 9.36. The molecule has 2 saturated heterocycles. The van der Waals surface area contributed by atoms with E-state index in [1.54, 1.807) is 0 Å². The minimum Gasteiger partial charge on any atom is -0.441 e. The minimum absolute atomic E-state index is 0. The Balaban J connectivity index is 0.00000372. The first kappa shape index (κ1) is 34.9. The number of nitrogens with zero attached hydrogens (tertiary/aromatic N) is 6. The second-order valence-corrected chi connectivity index (χ2v) is 15.3. The molecule has 8 aromatic rings. The Kier molecular flexibility index (Phi) is 9.21. The summed E-state index contributed by atoms with van der Waals surface area (Å²) in [4.78, 5) is 9.97. The average Bonchev–Trinajstić information content (AvgIpc) is 3.71. The molecule has 274 valence electrons. The maximum atomic E-state index is 3.91. The van der Waals surface area contributed by atoms with Gasteiger partial charge in [-0.2, -0.15) is 12.1 Å². The van der Waals surface area contributed by atoms with E-state index in [4.69, 9.17) is 0 Å². The Morgan fingerprint density at radius 2 is 0.655 bits per heavy atom. The molecule has 6 nitrogen and oxygen atoms in total. The zero-order chi connectivity index (χ0) is 35.6. The third-order valence-corrected chi connectivity index (χ3v) is 11.5. The van der Waals surface area contributed by atoms with Gasteiger partial charge >= 0.3 is 21.1 Å². The van der Waals surface area contributed by atoms with Crippen molar-refractivity contribution in [3.63, 3.8) is 0 Å². The van der Waals surface area contributed by atoms with Crippen molar-refractivity contribution in [2.24, 2.45) is 0 Å². The smallest absolute Gasteiger partial charge is 0.441 e. The predicted octanol–water partition coefficient (Wildman–Crippen LogP) is 9.45. The molecule has 3 aliphatic heterocycles. The molecule has 0 N–H and O–H groups in total. The quantitative estimate of drug-likeness (QED) is 0.162. The van der Waals surface area contributed by atoms with Gasteiger partial charge in [-0.05, 0) is 89.5 Å². The molecule has 7 heteroatoms. The van der Waals surface area contributed by atoms with Gasteiger partial charge in [0.1, 0.15) is 0 Å². The summed E-state index contributed by atoms with van der Waals surface area (Å²) in [7, 11) is 0. The van der Waals surface area contributed by atoms with Crippen molar-refractivity contribution in [1.82, 2.24) is 28.7 Å². The predicted molar refractivity (Wildman–Crippen MR) is 219 cm³/mol. The summed E-state index contributed by atoms with van der Waals surface area (Å²) in [5.41, 5.74) is 12.3. The molecule has 11 rings (SSSR count). The normalized spacial score (nSPS) is 21.5. The van der Waals surface area contributed by atoms with Crippen LogP contribution in [0, 0.1) is 25.5 Å². The van der Waals surface area contributed by atoms with Gasteiger partial charge in [-0.25, -0.2) is 13.3 Å². The SMILES string of the molecule is [Pt+4].[c-]1c2cc(-n3c4ccccc4c4ccccc43)cc1CN1[CH-]N(CCC1)Cc1[c-]c(cc(-n3c4ccccc4c4ccccc43)c1)CN1[CH-]N(CCC1)C2. The van der Waals surface area contributed by atoms with Gasteiger partial charge in [0.2, 0.25) is 0 Å². The van der Waals surface area contributed by atoms with Crippen LogP contribution in [0.25, 0.3) is 55.0 Å². The first-order valence-corrected chi connectivity index (χ1v) is 19.4. The summed E-state index contributed by atoms with van der Waals surface area (Å²) in [6, 6.07) is 52.6. The monoisotopic (exact) mass is 897 g/mol. The van der Waals surface area contributed by atoms with Crippen LogP contribution < -0.4 is 0 Å². The van der Waals surface area contributed by atoms with Crippen molar-refractivity contribution in [2.45, 2.75) is 39.0 Å². The van der Waals surface area contributed by atoms with E-state index in [2.05, 4.69) is 176 Å². The molecule has 0 spiro atoms. The largest absolute Gasteiger partial charge is 4.00 e. The molecule has 5 heterocycles. The number of hydrogen-bond donors (Lipinski definition) is 0. The third kappa shape index (κ3) is 6.44. The summed E-state index contributed by atoms with van der Waals surface area (Å²) in [5, 5.41) is 5.17. The second kappa shape index (κ2) is 14.5. The maximum absolute atomic E-state index is 3.91. The fraction of sp³-hybridized carbons (Fsp3) is 0.208. The molecule has 0 saturated carbocycles. The number of benzene rings is 6. The van der Waals surface area contributed by atoms with Gasteiger partial charge in [0.15, 0.2) is 0 Å². The van der Waals surface area contributed by atoms with Crippen LogP contribution in [-0.2, 0) is 47.2 Å². The molecular weight excluding hydrogens is 856 g/mol. The Hall–Kier alpha value is -4.55. The topological polar surface area (TPSA) is 22.8 Å². The van der Waals surface area contributed by atoms with Gasteiger partial charge in [-0.3, -0.25) is 0 Å². The van der Waals surface area contributed by atoms with Gasteiger partial charge < -0.3 is 28.7 Å². The van der Waals surface area contributed by atoms with E-state index in [1.807, 2.05) is 0 Å². The molecule has 8 bridgehead atoms. The van der Waals surface area contributed by atoms with Gasteiger partial charge in [0, 0.05) is 21.5 Å². The first-order chi connectivity index (χ1) is 26.7. The van der Waals surface area contributed by atoms with Crippen LogP contribution in [0.15, 0.2) is 121 Å². The van der Waals surface area contributed by atoms with E-state index in [0.717, 1.165) is 65.2 Å². The van der Waals surface area contributed by atoms with E-state index in [-0.39, 0.29) is 21.1 Å². The number of para-hydroxylation sites is 4. The first-order valence-electron chi connectivity index (χ1n) is 19.4. The van der Waals surface area contributed by atoms with Crippen LogP contribution in [0.4, 0.5) is 0 Å². The minimum atomic E-state index is 0. The van der Waals surface area contributed by atoms with E-state index in [0.29, 0.717) is 0 Å². The molecule has 55 heavy (non-hydrogen) atoms. The standard InChI is InChI=1S/C48H42N6.Pt/c1-5-15-45-41(11-1)42-12-2-6-16-46(42)53(45)39-25-35-23-36(26-39)30-50-20-10-22-52(34-50)32-38-24-37(31-51-21-9-19-49(29-35)33-51)27-40(28-38)54-47-17-7-3-13-43(47)44-14-4-8-18-48(44)54;/h1-8,11-18,25-28,33-34H,9-10,19-22,29-32H2;/q-4;+4. The molecular formula is C48H42N6Pt. The van der Waals surface area contributed by atoms with Crippen molar-refractivity contribution < 1.29 is 21.1 Å². The van der Waals surface area contributed by atoms with Crippen LogP contribution in [0.3, 0.4) is 0 Å². The van der Waals surface area contributed by atoms with Crippen molar-refractivity contribution >= 4 is 43.6 Å². The van der Waals surface area contributed by atoms with Gasteiger partial charge in [-0.15, -0.1) is 46.5 Å². The summed E-state index contributed by atoms with van der Waals surface area (Å²) in [6.07, 6.45) is 2.23. The van der Waals surface area contributed by atoms with Crippen molar-refractivity contribution in [1.29, 1.82) is 0 Å². The van der Waals surface area contributed by atoms with Crippen LogP contribution in [-0.4, -0.2) is 54.9 Å². The molecule has 0 radical (unpaired) electrons. The van der Waals surface area contributed by atoms with Crippen LogP contribution in [0.5, 0.6) is 0 Å². The van der Waals surface area contributed by atoms with Crippen molar-refractivity contribution in [3.8, 4) is 11.4 Å². The van der Waals surface area contributed by atoms with E-state index in [1.165, 1.54) is 77.2 Å². The van der Waals surface area contributed by atoms with Crippen LogP contribution in [0.1, 0.15) is 35.1 Å². The molecule has 6 aromatic carbocycles. The number of hydrogen-bond acceptors (Lipinski definition) is 4. The zero-order valence-corrected chi connectivity index (χ0v) is 33.0. The average molecular weight is 898 g/mol. The Labute approximate surface area is 337 Å². The summed E-state index contributed by atoms with van der Waals surface area (Å²) in [6.45, 7) is 12.1. The van der Waals surface area contributed by atoms with Gasteiger partial charge in [0.05, 0.1) is 22.1 Å².